The number of carbonyl (C=O) groups is 1. The van der Waals surface area contributed by atoms with Crippen molar-refractivity contribution in [3.63, 3.8) is 0 Å². The van der Waals surface area contributed by atoms with E-state index in [1.54, 1.807) is 0 Å². The molecule has 0 spiro atoms. The highest BCUT2D eigenvalue weighted by Crippen LogP contribution is 1.84. The fourth-order valence-corrected chi connectivity index (χ4v) is 0.548. The van der Waals surface area contributed by atoms with Gasteiger partial charge in [0.1, 0.15) is 5.78 Å². The molecule has 0 fully saturated rings. The maximum absolute atomic E-state index is 10.4. The first kappa shape index (κ1) is 6.85. The van der Waals surface area contributed by atoms with Crippen LogP contribution in [0.4, 0.5) is 0 Å². The van der Waals surface area contributed by atoms with Crippen LogP contribution in [0.5, 0.6) is 0 Å². The maximum Gasteiger partial charge on any atom is 0.162 e. The molecule has 0 aliphatic rings. The van der Waals surface area contributed by atoms with E-state index in [0.717, 1.165) is 0 Å². The van der Waals surface area contributed by atoms with Crippen LogP contribution in [0.25, 0.3) is 0 Å². The van der Waals surface area contributed by atoms with Crippen LogP contribution in [0.3, 0.4) is 0 Å². The second kappa shape index (κ2) is 3.05. The van der Waals surface area contributed by atoms with Gasteiger partial charge in [-0.3, -0.25) is 4.79 Å². The SMILES string of the molecule is CC(=O)CCn1ncnn1. The molecule has 0 saturated carbocycles. The quantitative estimate of drug-likeness (QED) is 0.575. The van der Waals surface area contributed by atoms with Gasteiger partial charge < -0.3 is 0 Å². The van der Waals surface area contributed by atoms with Gasteiger partial charge in [-0.1, -0.05) is 0 Å². The molecule has 0 amide bonds. The summed E-state index contributed by atoms with van der Waals surface area (Å²) in [6.45, 7) is 2.06. The first-order valence-electron chi connectivity index (χ1n) is 2.99. The summed E-state index contributed by atoms with van der Waals surface area (Å²) in [6.07, 6.45) is 1.82. The van der Waals surface area contributed by atoms with E-state index >= 15 is 0 Å². The number of aryl methyl sites for hydroxylation is 1. The van der Waals surface area contributed by atoms with Crippen LogP contribution in [0.1, 0.15) is 13.3 Å². The predicted octanol–water partition coefficient (Wildman–Crippen LogP) is -0.348. The Kier molecular flexibility index (Phi) is 2.09. The number of tetrazole rings is 1. The summed E-state index contributed by atoms with van der Waals surface area (Å²) in [4.78, 5) is 11.8. The van der Waals surface area contributed by atoms with E-state index in [2.05, 4.69) is 15.4 Å². The molecule has 0 aromatic carbocycles. The van der Waals surface area contributed by atoms with Crippen molar-refractivity contribution >= 4 is 5.78 Å². The number of aromatic nitrogens is 4. The van der Waals surface area contributed by atoms with E-state index in [0.29, 0.717) is 13.0 Å². The Labute approximate surface area is 58.0 Å². The summed E-state index contributed by atoms with van der Waals surface area (Å²) >= 11 is 0. The third-order valence-corrected chi connectivity index (χ3v) is 1.06. The molecule has 0 atom stereocenters. The average Bonchev–Trinajstić information content (AvgIpc) is 2.34. The van der Waals surface area contributed by atoms with E-state index in [4.69, 9.17) is 0 Å². The minimum atomic E-state index is 0.136. The Morgan fingerprint density at radius 1 is 1.70 bits per heavy atom. The second-order valence-corrected chi connectivity index (χ2v) is 1.98. The van der Waals surface area contributed by atoms with Crippen molar-refractivity contribution in [2.75, 3.05) is 0 Å². The normalized spacial score (nSPS) is 9.70. The number of ketones is 1. The Morgan fingerprint density at radius 3 is 3.00 bits per heavy atom. The summed E-state index contributed by atoms with van der Waals surface area (Å²) < 4.78 is 0. The van der Waals surface area contributed by atoms with Crippen LogP contribution < -0.4 is 0 Å². The number of rotatable bonds is 3. The highest BCUT2D eigenvalue weighted by Gasteiger charge is 1.95. The molecule has 0 aliphatic carbocycles. The summed E-state index contributed by atoms with van der Waals surface area (Å²) in [5.74, 6) is 0.136. The fourth-order valence-electron chi connectivity index (χ4n) is 0.548. The predicted molar refractivity (Wildman–Crippen MR) is 33.1 cm³/mol. The summed E-state index contributed by atoms with van der Waals surface area (Å²) in [5, 5.41) is 10.8. The topological polar surface area (TPSA) is 60.7 Å². The van der Waals surface area contributed by atoms with Gasteiger partial charge in [-0.15, -0.1) is 10.2 Å². The zero-order valence-electron chi connectivity index (χ0n) is 5.69. The van der Waals surface area contributed by atoms with Crippen LogP contribution in [-0.2, 0) is 11.3 Å². The Hall–Kier alpha value is -1.26. The van der Waals surface area contributed by atoms with Gasteiger partial charge in [0.25, 0.3) is 0 Å². The fraction of sp³-hybridized carbons (Fsp3) is 0.600. The van der Waals surface area contributed by atoms with Crippen molar-refractivity contribution in [2.24, 2.45) is 0 Å². The highest BCUT2D eigenvalue weighted by atomic mass is 16.1. The minimum Gasteiger partial charge on any atom is -0.300 e. The van der Waals surface area contributed by atoms with Crippen molar-refractivity contribution in [2.45, 2.75) is 19.9 Å². The van der Waals surface area contributed by atoms with E-state index in [-0.39, 0.29) is 5.78 Å². The van der Waals surface area contributed by atoms with Crippen molar-refractivity contribution < 1.29 is 4.79 Å². The van der Waals surface area contributed by atoms with Gasteiger partial charge in [-0.2, -0.15) is 4.80 Å². The number of hydrogen-bond donors (Lipinski definition) is 0. The van der Waals surface area contributed by atoms with Crippen LogP contribution in [0.15, 0.2) is 6.33 Å². The zero-order chi connectivity index (χ0) is 7.40. The van der Waals surface area contributed by atoms with E-state index in [1.807, 2.05) is 0 Å². The van der Waals surface area contributed by atoms with Crippen LogP contribution in [-0.4, -0.2) is 26.0 Å². The van der Waals surface area contributed by atoms with Crippen molar-refractivity contribution in [3.8, 4) is 0 Å². The molecule has 1 rings (SSSR count). The smallest absolute Gasteiger partial charge is 0.162 e. The van der Waals surface area contributed by atoms with Gasteiger partial charge >= 0.3 is 0 Å². The van der Waals surface area contributed by atoms with Crippen molar-refractivity contribution in [1.29, 1.82) is 0 Å². The van der Waals surface area contributed by atoms with Crippen LogP contribution in [0, 0.1) is 0 Å². The van der Waals surface area contributed by atoms with Gasteiger partial charge in [-0.05, 0) is 12.1 Å². The molecule has 0 saturated heterocycles. The van der Waals surface area contributed by atoms with Crippen molar-refractivity contribution in [1.82, 2.24) is 20.2 Å². The minimum absolute atomic E-state index is 0.136. The number of Topliss-reactive ketones (excluding diaryl/α,β-unsaturated/α-hetero) is 1. The molecule has 0 unspecified atom stereocenters. The average molecular weight is 140 g/mol. The molecule has 1 heterocycles. The molecule has 0 radical (unpaired) electrons. The molecule has 54 valence electrons. The Bertz CT molecular complexity index is 205. The number of nitrogens with zero attached hydrogens (tertiary/aromatic N) is 4. The lowest BCUT2D eigenvalue weighted by Crippen LogP contribution is -2.05. The lowest BCUT2D eigenvalue weighted by Gasteiger charge is -1.92. The monoisotopic (exact) mass is 140 g/mol. The van der Waals surface area contributed by atoms with Gasteiger partial charge in [0, 0.05) is 6.42 Å². The summed E-state index contributed by atoms with van der Waals surface area (Å²) in [6, 6.07) is 0. The molecule has 0 bridgehead atoms. The number of hydrogen-bond acceptors (Lipinski definition) is 4. The van der Waals surface area contributed by atoms with Crippen molar-refractivity contribution in [3.05, 3.63) is 6.33 Å². The second-order valence-electron chi connectivity index (χ2n) is 1.98. The number of carbonyl (C=O) groups excluding carboxylic acids is 1. The molecule has 1 aromatic heterocycles. The maximum atomic E-state index is 10.4. The third kappa shape index (κ3) is 1.93. The Balaban J connectivity index is 2.35. The summed E-state index contributed by atoms with van der Waals surface area (Å²) in [7, 11) is 0. The molecule has 1 aromatic rings. The van der Waals surface area contributed by atoms with Gasteiger partial charge in [-0.25, -0.2) is 0 Å². The third-order valence-electron chi connectivity index (χ3n) is 1.06. The van der Waals surface area contributed by atoms with E-state index in [9.17, 15) is 4.79 Å². The van der Waals surface area contributed by atoms with E-state index < -0.39 is 0 Å². The molecular formula is C5H8N4O. The molecule has 0 N–H and O–H groups in total. The van der Waals surface area contributed by atoms with Crippen LogP contribution >= 0.6 is 0 Å². The molecule has 5 heteroatoms. The first-order chi connectivity index (χ1) is 4.79. The van der Waals surface area contributed by atoms with E-state index in [1.165, 1.54) is 18.0 Å². The molecular weight excluding hydrogens is 132 g/mol. The lowest BCUT2D eigenvalue weighted by atomic mass is 10.3. The molecule has 10 heavy (non-hydrogen) atoms. The van der Waals surface area contributed by atoms with Gasteiger partial charge in [0.15, 0.2) is 6.33 Å². The first-order valence-corrected chi connectivity index (χ1v) is 2.99. The summed E-state index contributed by atoms with van der Waals surface area (Å²) in [5.41, 5.74) is 0. The standard InChI is InChI=1S/C5H8N4O/c1-5(10)2-3-9-7-4-6-8-9/h4H,2-3H2,1H3. The van der Waals surface area contributed by atoms with Gasteiger partial charge in [0.2, 0.25) is 0 Å². The van der Waals surface area contributed by atoms with Crippen LogP contribution in [0.2, 0.25) is 0 Å². The molecule has 5 nitrogen and oxygen atoms in total. The highest BCUT2D eigenvalue weighted by molar-refractivity contribution is 5.75. The largest absolute Gasteiger partial charge is 0.300 e. The lowest BCUT2D eigenvalue weighted by molar-refractivity contribution is -0.117. The zero-order valence-corrected chi connectivity index (χ0v) is 5.69. The Morgan fingerprint density at radius 2 is 2.50 bits per heavy atom. The van der Waals surface area contributed by atoms with Gasteiger partial charge in [0.05, 0.1) is 6.54 Å². The molecule has 0 aliphatic heterocycles.